The zero-order valence-corrected chi connectivity index (χ0v) is 8.49. The predicted octanol–water partition coefficient (Wildman–Crippen LogP) is 1.67. The highest BCUT2D eigenvalue weighted by atomic mass is 16.5. The average Bonchev–Trinajstić information content (AvgIpc) is 2.65. The molecule has 1 fully saturated rings. The SMILES string of the molecule is CC1CCOC1C(=O)C1=CCCCO1. The number of ketones is 1. The molecule has 0 saturated carbocycles. The van der Waals surface area contributed by atoms with Crippen molar-refractivity contribution in [3.8, 4) is 0 Å². The third-order valence-corrected chi connectivity index (χ3v) is 2.82. The lowest BCUT2D eigenvalue weighted by atomic mass is 9.99. The Bertz CT molecular complexity index is 257. The second-order valence-electron chi connectivity index (χ2n) is 3.98. The van der Waals surface area contributed by atoms with Gasteiger partial charge in [-0.3, -0.25) is 4.79 Å². The van der Waals surface area contributed by atoms with Crippen LogP contribution in [-0.4, -0.2) is 25.1 Å². The van der Waals surface area contributed by atoms with Crippen LogP contribution >= 0.6 is 0 Å². The molecule has 0 aromatic heterocycles. The first-order chi connectivity index (χ1) is 6.79. The zero-order valence-electron chi connectivity index (χ0n) is 8.49. The van der Waals surface area contributed by atoms with Crippen LogP contribution in [0.2, 0.25) is 0 Å². The van der Waals surface area contributed by atoms with Crippen molar-refractivity contribution in [1.82, 2.24) is 0 Å². The molecule has 0 amide bonds. The van der Waals surface area contributed by atoms with E-state index in [9.17, 15) is 4.79 Å². The fourth-order valence-electron chi connectivity index (χ4n) is 1.90. The summed E-state index contributed by atoms with van der Waals surface area (Å²) in [4.78, 5) is 11.9. The van der Waals surface area contributed by atoms with E-state index in [4.69, 9.17) is 9.47 Å². The Labute approximate surface area is 84.1 Å². The van der Waals surface area contributed by atoms with Crippen LogP contribution in [0.3, 0.4) is 0 Å². The summed E-state index contributed by atoms with van der Waals surface area (Å²) in [7, 11) is 0. The molecule has 2 atom stereocenters. The zero-order chi connectivity index (χ0) is 9.97. The van der Waals surface area contributed by atoms with E-state index in [1.807, 2.05) is 6.08 Å². The van der Waals surface area contributed by atoms with Crippen molar-refractivity contribution in [1.29, 1.82) is 0 Å². The summed E-state index contributed by atoms with van der Waals surface area (Å²) in [5.74, 6) is 0.888. The van der Waals surface area contributed by atoms with E-state index >= 15 is 0 Å². The van der Waals surface area contributed by atoms with Gasteiger partial charge in [0, 0.05) is 6.61 Å². The molecule has 3 nitrogen and oxygen atoms in total. The number of hydrogen-bond acceptors (Lipinski definition) is 3. The van der Waals surface area contributed by atoms with Gasteiger partial charge in [0.05, 0.1) is 6.61 Å². The smallest absolute Gasteiger partial charge is 0.225 e. The molecule has 0 aromatic rings. The van der Waals surface area contributed by atoms with Gasteiger partial charge in [-0.25, -0.2) is 0 Å². The van der Waals surface area contributed by atoms with Crippen LogP contribution in [0.1, 0.15) is 26.2 Å². The molecule has 0 bridgehead atoms. The molecule has 0 aliphatic carbocycles. The largest absolute Gasteiger partial charge is 0.490 e. The first-order valence-electron chi connectivity index (χ1n) is 5.28. The van der Waals surface area contributed by atoms with Crippen LogP contribution in [0.15, 0.2) is 11.8 Å². The van der Waals surface area contributed by atoms with E-state index in [0.29, 0.717) is 24.9 Å². The molecule has 2 aliphatic rings. The summed E-state index contributed by atoms with van der Waals surface area (Å²) < 4.78 is 10.7. The highest BCUT2D eigenvalue weighted by Crippen LogP contribution is 2.24. The van der Waals surface area contributed by atoms with Gasteiger partial charge in [-0.15, -0.1) is 0 Å². The minimum Gasteiger partial charge on any atom is -0.490 e. The maximum atomic E-state index is 11.9. The van der Waals surface area contributed by atoms with E-state index in [1.54, 1.807) is 0 Å². The van der Waals surface area contributed by atoms with Crippen molar-refractivity contribution in [3.63, 3.8) is 0 Å². The van der Waals surface area contributed by atoms with Crippen LogP contribution in [0.5, 0.6) is 0 Å². The van der Waals surface area contributed by atoms with Crippen LogP contribution in [0.25, 0.3) is 0 Å². The molecule has 78 valence electrons. The van der Waals surface area contributed by atoms with Gasteiger partial charge in [-0.2, -0.15) is 0 Å². The van der Waals surface area contributed by atoms with Crippen LogP contribution in [0.4, 0.5) is 0 Å². The number of carbonyl (C=O) groups is 1. The number of Topliss-reactive ketones (excluding diaryl/α,β-unsaturated/α-hetero) is 1. The summed E-state index contributed by atoms with van der Waals surface area (Å²) in [5.41, 5.74) is 0. The summed E-state index contributed by atoms with van der Waals surface area (Å²) in [6.07, 6.45) is 4.56. The van der Waals surface area contributed by atoms with E-state index < -0.39 is 0 Å². The Hall–Kier alpha value is -0.830. The molecule has 2 aliphatic heterocycles. The lowest BCUT2D eigenvalue weighted by Gasteiger charge is -2.18. The van der Waals surface area contributed by atoms with Gasteiger partial charge in [-0.1, -0.05) is 6.92 Å². The molecule has 0 spiro atoms. The molecule has 0 N–H and O–H groups in total. The highest BCUT2D eigenvalue weighted by Gasteiger charge is 2.33. The fraction of sp³-hybridized carbons (Fsp3) is 0.727. The van der Waals surface area contributed by atoms with Crippen molar-refractivity contribution < 1.29 is 14.3 Å². The maximum absolute atomic E-state index is 11.9. The standard InChI is InChI=1S/C11H16O3/c1-8-5-7-14-11(8)10(12)9-4-2-3-6-13-9/h4,8,11H,2-3,5-7H2,1H3. The molecule has 2 rings (SSSR count). The van der Waals surface area contributed by atoms with Gasteiger partial charge < -0.3 is 9.47 Å². The van der Waals surface area contributed by atoms with Crippen molar-refractivity contribution in [2.75, 3.05) is 13.2 Å². The predicted molar refractivity (Wildman–Crippen MR) is 51.8 cm³/mol. The number of hydrogen-bond donors (Lipinski definition) is 0. The summed E-state index contributed by atoms with van der Waals surface area (Å²) in [6.45, 7) is 3.42. The van der Waals surface area contributed by atoms with Crippen molar-refractivity contribution >= 4 is 5.78 Å². The summed E-state index contributed by atoms with van der Waals surface area (Å²) in [5, 5.41) is 0. The van der Waals surface area contributed by atoms with Crippen molar-refractivity contribution in [3.05, 3.63) is 11.8 Å². The maximum Gasteiger partial charge on any atom is 0.225 e. The third kappa shape index (κ3) is 1.82. The van der Waals surface area contributed by atoms with Gasteiger partial charge >= 0.3 is 0 Å². The first-order valence-corrected chi connectivity index (χ1v) is 5.28. The summed E-state index contributed by atoms with van der Waals surface area (Å²) >= 11 is 0. The van der Waals surface area contributed by atoms with Gasteiger partial charge in [0.15, 0.2) is 5.76 Å². The molecular weight excluding hydrogens is 180 g/mol. The molecule has 2 unspecified atom stereocenters. The number of allylic oxidation sites excluding steroid dienone is 1. The second-order valence-corrected chi connectivity index (χ2v) is 3.98. The molecule has 0 radical (unpaired) electrons. The minimum absolute atomic E-state index is 0.0368. The molecule has 14 heavy (non-hydrogen) atoms. The first kappa shape index (κ1) is 9.71. The van der Waals surface area contributed by atoms with E-state index in [0.717, 1.165) is 19.3 Å². The topological polar surface area (TPSA) is 35.5 Å². The van der Waals surface area contributed by atoms with Gasteiger partial charge in [0.1, 0.15) is 6.10 Å². The number of rotatable bonds is 2. The lowest BCUT2D eigenvalue weighted by Crippen LogP contribution is -2.28. The molecule has 2 heterocycles. The fourth-order valence-corrected chi connectivity index (χ4v) is 1.90. The van der Waals surface area contributed by atoms with Gasteiger partial charge in [-0.05, 0) is 31.3 Å². The Morgan fingerprint density at radius 1 is 1.50 bits per heavy atom. The quantitative estimate of drug-likeness (QED) is 0.674. The Morgan fingerprint density at radius 3 is 2.93 bits per heavy atom. The number of carbonyl (C=O) groups excluding carboxylic acids is 1. The van der Waals surface area contributed by atoms with E-state index in [2.05, 4.69) is 6.92 Å². The Balaban J connectivity index is 2.03. The van der Waals surface area contributed by atoms with Crippen LogP contribution < -0.4 is 0 Å². The molecular formula is C11H16O3. The second kappa shape index (κ2) is 4.13. The van der Waals surface area contributed by atoms with Crippen molar-refractivity contribution in [2.24, 2.45) is 5.92 Å². The molecule has 3 heteroatoms. The normalized spacial score (nSPS) is 32.2. The van der Waals surface area contributed by atoms with E-state index in [-0.39, 0.29) is 11.9 Å². The lowest BCUT2D eigenvalue weighted by molar-refractivity contribution is -0.129. The minimum atomic E-state index is -0.264. The highest BCUT2D eigenvalue weighted by molar-refractivity contribution is 5.97. The van der Waals surface area contributed by atoms with Crippen LogP contribution in [0, 0.1) is 5.92 Å². The summed E-state index contributed by atoms with van der Waals surface area (Å²) in [6, 6.07) is 0. The Kier molecular flexibility index (Phi) is 2.87. The third-order valence-electron chi connectivity index (χ3n) is 2.82. The van der Waals surface area contributed by atoms with Crippen molar-refractivity contribution in [2.45, 2.75) is 32.3 Å². The van der Waals surface area contributed by atoms with Crippen LogP contribution in [-0.2, 0) is 14.3 Å². The number of ether oxygens (including phenoxy) is 2. The molecule has 0 aromatic carbocycles. The average molecular weight is 196 g/mol. The van der Waals surface area contributed by atoms with Gasteiger partial charge in [0.25, 0.3) is 0 Å². The monoisotopic (exact) mass is 196 g/mol. The molecule has 1 saturated heterocycles. The Morgan fingerprint density at radius 2 is 2.36 bits per heavy atom. The van der Waals surface area contributed by atoms with Gasteiger partial charge in [0.2, 0.25) is 5.78 Å². The van der Waals surface area contributed by atoms with E-state index in [1.165, 1.54) is 0 Å².